The molecule has 114 valence electrons. The molecule has 1 fully saturated rings. The van der Waals surface area contributed by atoms with Crippen molar-refractivity contribution in [3.05, 3.63) is 60.4 Å². The zero-order chi connectivity index (χ0) is 15.2. The normalized spacial score (nSPS) is 16.9. The molecule has 1 N–H and O–H groups in total. The van der Waals surface area contributed by atoms with Crippen molar-refractivity contribution in [3.63, 3.8) is 0 Å². The van der Waals surface area contributed by atoms with Gasteiger partial charge in [0.25, 0.3) is 0 Å². The van der Waals surface area contributed by atoms with Crippen molar-refractivity contribution in [2.45, 2.75) is 23.9 Å². The number of hydrogen-bond donors (Lipinski definition) is 1. The average Bonchev–Trinajstić information content (AvgIpc) is 2.54. The van der Waals surface area contributed by atoms with Gasteiger partial charge in [-0.05, 0) is 36.2 Å². The molecule has 5 heteroatoms. The Bertz CT molecular complexity index is 606. The summed E-state index contributed by atoms with van der Waals surface area (Å²) in [6.45, 7) is 1.40. The van der Waals surface area contributed by atoms with Crippen molar-refractivity contribution >= 4 is 17.8 Å². The Morgan fingerprint density at radius 1 is 1.23 bits per heavy atom. The number of benzene rings is 1. The van der Waals surface area contributed by atoms with Gasteiger partial charge in [-0.25, -0.2) is 4.79 Å². The van der Waals surface area contributed by atoms with E-state index in [0.29, 0.717) is 12.6 Å². The van der Waals surface area contributed by atoms with Crippen LogP contribution < -0.4 is 5.32 Å². The van der Waals surface area contributed by atoms with Crippen molar-refractivity contribution < 1.29 is 4.79 Å². The Morgan fingerprint density at radius 3 is 2.68 bits per heavy atom. The highest BCUT2D eigenvalue weighted by molar-refractivity contribution is 7.99. The van der Waals surface area contributed by atoms with Gasteiger partial charge in [0, 0.05) is 42.2 Å². The van der Waals surface area contributed by atoms with Gasteiger partial charge in [0.05, 0.1) is 0 Å². The zero-order valence-electron chi connectivity index (χ0n) is 12.3. The quantitative estimate of drug-likeness (QED) is 0.863. The number of carbonyl (C=O) groups excluding carboxylic acids is 1. The topological polar surface area (TPSA) is 45.2 Å². The molecule has 22 heavy (non-hydrogen) atoms. The fraction of sp³-hybridized carbons (Fsp3) is 0.294. The van der Waals surface area contributed by atoms with Crippen molar-refractivity contribution in [1.29, 1.82) is 0 Å². The monoisotopic (exact) mass is 313 g/mol. The number of urea groups is 1. The summed E-state index contributed by atoms with van der Waals surface area (Å²) < 4.78 is 0. The van der Waals surface area contributed by atoms with E-state index >= 15 is 0 Å². The Morgan fingerprint density at radius 2 is 2.00 bits per heavy atom. The van der Waals surface area contributed by atoms with Gasteiger partial charge in [-0.2, -0.15) is 0 Å². The first-order valence-electron chi connectivity index (χ1n) is 7.44. The third-order valence-electron chi connectivity index (χ3n) is 3.78. The second-order valence-electron chi connectivity index (χ2n) is 5.27. The molecule has 2 heterocycles. The summed E-state index contributed by atoms with van der Waals surface area (Å²) in [5.41, 5.74) is 1.07. The van der Waals surface area contributed by atoms with Crippen molar-refractivity contribution in [2.75, 3.05) is 12.3 Å². The molecule has 0 saturated carbocycles. The molecular formula is C17H19N3OS. The Labute approximate surface area is 134 Å². The van der Waals surface area contributed by atoms with Crippen molar-refractivity contribution in [3.8, 4) is 0 Å². The lowest BCUT2D eigenvalue weighted by Crippen LogP contribution is -2.55. The van der Waals surface area contributed by atoms with Crippen LogP contribution in [0, 0.1) is 0 Å². The summed E-state index contributed by atoms with van der Waals surface area (Å²) in [6.07, 6.45) is 4.57. The summed E-state index contributed by atoms with van der Waals surface area (Å²) in [5.74, 6) is 0.951. The molecule has 0 spiro atoms. The molecule has 3 rings (SSSR count). The Balaban J connectivity index is 1.45. The highest BCUT2D eigenvalue weighted by atomic mass is 32.2. The van der Waals surface area contributed by atoms with Gasteiger partial charge in [-0.1, -0.05) is 18.2 Å². The number of pyridine rings is 1. The van der Waals surface area contributed by atoms with E-state index in [1.54, 1.807) is 12.4 Å². The lowest BCUT2D eigenvalue weighted by molar-refractivity contribution is 0.127. The number of rotatable bonds is 5. The molecule has 1 aromatic carbocycles. The maximum absolute atomic E-state index is 12.2. The lowest BCUT2D eigenvalue weighted by Gasteiger charge is -2.40. The van der Waals surface area contributed by atoms with Gasteiger partial charge in [0.15, 0.2) is 0 Å². The number of amides is 2. The largest absolute Gasteiger partial charge is 0.334 e. The summed E-state index contributed by atoms with van der Waals surface area (Å²) in [5, 5.41) is 2.98. The number of thioether (sulfide) groups is 1. The molecule has 1 atom stereocenters. The van der Waals surface area contributed by atoms with E-state index in [0.717, 1.165) is 24.3 Å². The minimum atomic E-state index is 0.0294. The predicted octanol–water partition coefficient (Wildman–Crippen LogP) is 3.16. The maximum Gasteiger partial charge on any atom is 0.317 e. The second kappa shape index (κ2) is 7.31. The number of likely N-dealkylation sites (tertiary alicyclic amines) is 1. The molecule has 1 aliphatic heterocycles. The molecule has 0 bridgehead atoms. The van der Waals surface area contributed by atoms with Gasteiger partial charge in [-0.15, -0.1) is 11.8 Å². The van der Waals surface area contributed by atoms with Crippen molar-refractivity contribution in [2.24, 2.45) is 0 Å². The molecule has 2 amide bonds. The first-order valence-corrected chi connectivity index (χ1v) is 8.43. The first-order chi connectivity index (χ1) is 10.8. The molecule has 1 aliphatic rings. The van der Waals surface area contributed by atoms with E-state index in [9.17, 15) is 4.79 Å². The molecular weight excluding hydrogens is 294 g/mol. The van der Waals surface area contributed by atoms with Crippen LogP contribution in [0.15, 0.2) is 59.8 Å². The number of carbonyl (C=O) groups is 1. The average molecular weight is 313 g/mol. The SMILES string of the molecule is O=C(NCc1ccncc1)N1CCC1CSc1ccccc1. The van der Waals surface area contributed by atoms with Gasteiger partial charge in [-0.3, -0.25) is 4.98 Å². The van der Waals surface area contributed by atoms with Crippen LogP contribution >= 0.6 is 11.8 Å². The highest BCUT2D eigenvalue weighted by Crippen LogP contribution is 2.26. The third kappa shape index (κ3) is 3.80. The molecule has 4 nitrogen and oxygen atoms in total. The van der Waals surface area contributed by atoms with Crippen LogP contribution in [-0.2, 0) is 6.54 Å². The maximum atomic E-state index is 12.2. The second-order valence-corrected chi connectivity index (χ2v) is 6.37. The Kier molecular flexibility index (Phi) is 4.96. The first kappa shape index (κ1) is 14.9. The van der Waals surface area contributed by atoms with E-state index < -0.39 is 0 Å². The van der Waals surface area contributed by atoms with Crippen LogP contribution in [0.5, 0.6) is 0 Å². The molecule has 1 aromatic heterocycles. The van der Waals surface area contributed by atoms with Crippen LogP contribution in [0.2, 0.25) is 0 Å². The standard InChI is InChI=1S/C17H19N3OS/c21-17(19-12-14-6-9-18-10-7-14)20-11-8-15(20)13-22-16-4-2-1-3-5-16/h1-7,9-10,15H,8,11-13H2,(H,19,21). The number of nitrogens with zero attached hydrogens (tertiary/aromatic N) is 2. The van der Waals surface area contributed by atoms with Crippen LogP contribution in [0.4, 0.5) is 4.79 Å². The third-order valence-corrected chi connectivity index (χ3v) is 4.94. The minimum absolute atomic E-state index is 0.0294. The van der Waals surface area contributed by atoms with Gasteiger partial charge in [0.2, 0.25) is 0 Å². The fourth-order valence-corrected chi connectivity index (χ4v) is 3.45. The predicted molar refractivity (Wildman–Crippen MR) is 88.7 cm³/mol. The van der Waals surface area contributed by atoms with Gasteiger partial charge < -0.3 is 10.2 Å². The molecule has 1 unspecified atom stereocenters. The summed E-state index contributed by atoms with van der Waals surface area (Å²) >= 11 is 1.81. The van der Waals surface area contributed by atoms with E-state index in [1.165, 1.54) is 4.90 Å². The summed E-state index contributed by atoms with van der Waals surface area (Å²) in [4.78, 5) is 19.4. The highest BCUT2D eigenvalue weighted by Gasteiger charge is 2.31. The Hall–Kier alpha value is -2.01. The van der Waals surface area contributed by atoms with Crippen LogP contribution in [0.3, 0.4) is 0 Å². The zero-order valence-corrected chi connectivity index (χ0v) is 13.1. The van der Waals surface area contributed by atoms with E-state index in [4.69, 9.17) is 0 Å². The molecule has 2 aromatic rings. The van der Waals surface area contributed by atoms with Gasteiger partial charge >= 0.3 is 6.03 Å². The van der Waals surface area contributed by atoms with Gasteiger partial charge in [0.1, 0.15) is 0 Å². The number of aromatic nitrogens is 1. The lowest BCUT2D eigenvalue weighted by atomic mass is 10.1. The van der Waals surface area contributed by atoms with Crippen LogP contribution in [-0.4, -0.2) is 34.3 Å². The fourth-order valence-electron chi connectivity index (χ4n) is 2.37. The minimum Gasteiger partial charge on any atom is -0.334 e. The summed E-state index contributed by atoms with van der Waals surface area (Å²) in [7, 11) is 0. The van der Waals surface area contributed by atoms with E-state index in [2.05, 4.69) is 22.4 Å². The number of nitrogens with one attached hydrogen (secondary N) is 1. The molecule has 0 radical (unpaired) electrons. The smallest absolute Gasteiger partial charge is 0.317 e. The number of hydrogen-bond acceptors (Lipinski definition) is 3. The van der Waals surface area contributed by atoms with Crippen LogP contribution in [0.1, 0.15) is 12.0 Å². The van der Waals surface area contributed by atoms with E-state index in [-0.39, 0.29) is 6.03 Å². The van der Waals surface area contributed by atoms with Crippen molar-refractivity contribution in [1.82, 2.24) is 15.2 Å². The summed E-state index contributed by atoms with van der Waals surface area (Å²) in [6, 6.07) is 14.5. The van der Waals surface area contributed by atoms with E-state index in [1.807, 2.05) is 47.0 Å². The molecule has 1 saturated heterocycles. The molecule has 0 aliphatic carbocycles. The van der Waals surface area contributed by atoms with Crippen LogP contribution in [0.25, 0.3) is 0 Å².